The smallest absolute Gasteiger partial charge is 0.335 e. The molecular formula is C12H18N2O2. The summed E-state index contributed by atoms with van der Waals surface area (Å²) < 4.78 is 0. The number of aromatic carboxylic acids is 1. The minimum Gasteiger partial charge on any atom is -0.478 e. The van der Waals surface area contributed by atoms with Gasteiger partial charge in [-0.1, -0.05) is 0 Å². The molecule has 0 spiro atoms. The fourth-order valence-electron chi connectivity index (χ4n) is 1.62. The Kier molecular flexibility index (Phi) is 4.31. The molecule has 0 saturated heterocycles. The van der Waals surface area contributed by atoms with E-state index < -0.39 is 5.97 Å². The molecule has 4 heteroatoms. The number of carboxylic acids is 1. The highest BCUT2D eigenvalue weighted by Crippen LogP contribution is 2.19. The molecule has 0 radical (unpaired) electrons. The van der Waals surface area contributed by atoms with Crippen LogP contribution >= 0.6 is 0 Å². The number of aryl methyl sites for hydroxylation is 1. The fourth-order valence-corrected chi connectivity index (χ4v) is 1.62. The Morgan fingerprint density at radius 1 is 1.50 bits per heavy atom. The van der Waals surface area contributed by atoms with Gasteiger partial charge < -0.3 is 15.3 Å². The summed E-state index contributed by atoms with van der Waals surface area (Å²) in [6, 6.07) is 5.20. The predicted molar refractivity (Wildman–Crippen MR) is 65.3 cm³/mol. The number of hydrogen-bond acceptors (Lipinski definition) is 3. The molecular weight excluding hydrogens is 204 g/mol. The Labute approximate surface area is 95.9 Å². The van der Waals surface area contributed by atoms with E-state index in [1.165, 1.54) is 0 Å². The number of carboxylic acid groups (broad SMARTS) is 1. The highest BCUT2D eigenvalue weighted by molar-refractivity contribution is 5.88. The second-order valence-corrected chi connectivity index (χ2v) is 3.83. The number of nitrogens with zero attached hydrogens (tertiary/aromatic N) is 1. The number of anilines is 1. The van der Waals surface area contributed by atoms with Gasteiger partial charge in [0.25, 0.3) is 0 Å². The standard InChI is InChI=1S/C12H18N2O2/c1-9-8-10(12(15)16)4-5-11(9)14(3)7-6-13-2/h4-5,8,13H,6-7H2,1-3H3,(H,15,16). The lowest BCUT2D eigenvalue weighted by Gasteiger charge is -2.21. The summed E-state index contributed by atoms with van der Waals surface area (Å²) in [6.45, 7) is 3.72. The molecule has 0 unspecified atom stereocenters. The van der Waals surface area contributed by atoms with Crippen LogP contribution in [0, 0.1) is 6.92 Å². The van der Waals surface area contributed by atoms with Crippen LogP contribution in [0.15, 0.2) is 18.2 Å². The molecule has 0 heterocycles. The Bertz CT molecular complexity index is 377. The maximum absolute atomic E-state index is 10.8. The predicted octanol–water partition coefficient (Wildman–Crippen LogP) is 1.35. The third-order valence-corrected chi connectivity index (χ3v) is 2.55. The number of carbonyl (C=O) groups is 1. The highest BCUT2D eigenvalue weighted by Gasteiger charge is 2.08. The van der Waals surface area contributed by atoms with Crippen molar-refractivity contribution < 1.29 is 9.90 Å². The SMILES string of the molecule is CNCCN(C)c1ccc(C(=O)O)cc1C. The first-order valence-electron chi connectivity index (χ1n) is 5.26. The maximum Gasteiger partial charge on any atom is 0.335 e. The van der Waals surface area contributed by atoms with Gasteiger partial charge in [-0.15, -0.1) is 0 Å². The van der Waals surface area contributed by atoms with Crippen molar-refractivity contribution in [1.82, 2.24) is 5.32 Å². The second-order valence-electron chi connectivity index (χ2n) is 3.83. The molecule has 0 atom stereocenters. The minimum atomic E-state index is -0.882. The number of hydrogen-bond donors (Lipinski definition) is 2. The second kappa shape index (κ2) is 5.51. The van der Waals surface area contributed by atoms with Crippen LogP contribution in [0.1, 0.15) is 15.9 Å². The molecule has 0 aromatic heterocycles. The lowest BCUT2D eigenvalue weighted by molar-refractivity contribution is 0.0697. The van der Waals surface area contributed by atoms with Gasteiger partial charge in [-0.05, 0) is 37.7 Å². The van der Waals surface area contributed by atoms with Crippen LogP contribution < -0.4 is 10.2 Å². The number of rotatable bonds is 5. The molecule has 0 saturated carbocycles. The van der Waals surface area contributed by atoms with Crippen LogP contribution in [-0.4, -0.2) is 38.3 Å². The van der Waals surface area contributed by atoms with Gasteiger partial charge in [0, 0.05) is 25.8 Å². The van der Waals surface area contributed by atoms with Gasteiger partial charge in [0.2, 0.25) is 0 Å². The molecule has 1 rings (SSSR count). The summed E-state index contributed by atoms with van der Waals surface area (Å²) in [7, 11) is 3.91. The third-order valence-electron chi connectivity index (χ3n) is 2.55. The van der Waals surface area contributed by atoms with Gasteiger partial charge in [-0.3, -0.25) is 0 Å². The van der Waals surface area contributed by atoms with E-state index in [1.54, 1.807) is 12.1 Å². The zero-order valence-corrected chi connectivity index (χ0v) is 9.95. The van der Waals surface area contributed by atoms with Gasteiger partial charge in [0.05, 0.1) is 5.56 Å². The molecule has 1 aromatic rings. The lowest BCUT2D eigenvalue weighted by atomic mass is 10.1. The first kappa shape index (κ1) is 12.5. The van der Waals surface area contributed by atoms with E-state index in [4.69, 9.17) is 5.11 Å². The Morgan fingerprint density at radius 3 is 2.69 bits per heavy atom. The van der Waals surface area contributed by atoms with Crippen LogP contribution in [0.3, 0.4) is 0 Å². The Balaban J connectivity index is 2.85. The summed E-state index contributed by atoms with van der Waals surface area (Å²) >= 11 is 0. The van der Waals surface area contributed by atoms with Crippen molar-refractivity contribution in [3.05, 3.63) is 29.3 Å². The molecule has 0 amide bonds. The molecule has 0 fully saturated rings. The van der Waals surface area contributed by atoms with E-state index >= 15 is 0 Å². The minimum absolute atomic E-state index is 0.336. The van der Waals surface area contributed by atoms with Crippen molar-refractivity contribution in [3.63, 3.8) is 0 Å². The van der Waals surface area contributed by atoms with Crippen LogP contribution in [0.5, 0.6) is 0 Å². The maximum atomic E-state index is 10.8. The van der Waals surface area contributed by atoms with Crippen LogP contribution in [-0.2, 0) is 0 Å². The van der Waals surface area contributed by atoms with E-state index in [0.717, 1.165) is 24.3 Å². The van der Waals surface area contributed by atoms with Gasteiger partial charge in [-0.2, -0.15) is 0 Å². The average molecular weight is 222 g/mol. The van der Waals surface area contributed by atoms with Crippen LogP contribution in [0.25, 0.3) is 0 Å². The lowest BCUT2D eigenvalue weighted by Crippen LogP contribution is -2.27. The van der Waals surface area contributed by atoms with Crippen molar-refractivity contribution >= 4 is 11.7 Å². The van der Waals surface area contributed by atoms with Crippen LogP contribution in [0.4, 0.5) is 5.69 Å². The van der Waals surface area contributed by atoms with Crippen molar-refractivity contribution in [2.45, 2.75) is 6.92 Å². The third kappa shape index (κ3) is 2.97. The van der Waals surface area contributed by atoms with Gasteiger partial charge in [-0.25, -0.2) is 4.79 Å². The number of likely N-dealkylation sites (N-methyl/N-ethyl adjacent to an activating group) is 2. The van der Waals surface area contributed by atoms with E-state index in [-0.39, 0.29) is 0 Å². The quantitative estimate of drug-likeness (QED) is 0.789. The van der Waals surface area contributed by atoms with Crippen molar-refractivity contribution in [3.8, 4) is 0 Å². The molecule has 4 nitrogen and oxygen atoms in total. The largest absolute Gasteiger partial charge is 0.478 e. The van der Waals surface area contributed by atoms with Crippen LogP contribution in [0.2, 0.25) is 0 Å². The molecule has 16 heavy (non-hydrogen) atoms. The van der Waals surface area contributed by atoms with E-state index in [2.05, 4.69) is 10.2 Å². The summed E-state index contributed by atoms with van der Waals surface area (Å²) in [5.74, 6) is -0.882. The van der Waals surface area contributed by atoms with Crippen molar-refractivity contribution in [1.29, 1.82) is 0 Å². The monoisotopic (exact) mass is 222 g/mol. The van der Waals surface area contributed by atoms with Gasteiger partial charge >= 0.3 is 5.97 Å². The van der Waals surface area contributed by atoms with Gasteiger partial charge in [0.15, 0.2) is 0 Å². The molecule has 2 N–H and O–H groups in total. The Morgan fingerprint density at radius 2 is 2.19 bits per heavy atom. The molecule has 1 aromatic carbocycles. The topological polar surface area (TPSA) is 52.6 Å². The summed E-state index contributed by atoms with van der Waals surface area (Å²) in [5, 5.41) is 11.9. The average Bonchev–Trinajstić information content (AvgIpc) is 2.25. The van der Waals surface area contributed by atoms with Gasteiger partial charge in [0.1, 0.15) is 0 Å². The summed E-state index contributed by atoms with van der Waals surface area (Å²) in [6.07, 6.45) is 0. The molecule has 0 aliphatic rings. The first-order chi connectivity index (χ1) is 7.56. The molecule has 88 valence electrons. The highest BCUT2D eigenvalue weighted by atomic mass is 16.4. The number of benzene rings is 1. The zero-order chi connectivity index (χ0) is 12.1. The Hall–Kier alpha value is -1.55. The molecule has 0 aliphatic heterocycles. The summed E-state index contributed by atoms with van der Waals surface area (Å²) in [5.41, 5.74) is 2.39. The molecule has 0 bridgehead atoms. The zero-order valence-electron chi connectivity index (χ0n) is 9.95. The first-order valence-corrected chi connectivity index (χ1v) is 5.26. The van der Waals surface area contributed by atoms with E-state index in [0.29, 0.717) is 5.56 Å². The normalized spacial score (nSPS) is 10.2. The van der Waals surface area contributed by atoms with E-state index in [9.17, 15) is 4.79 Å². The number of nitrogens with one attached hydrogen (secondary N) is 1. The van der Waals surface area contributed by atoms with Crippen molar-refractivity contribution in [2.24, 2.45) is 0 Å². The summed E-state index contributed by atoms with van der Waals surface area (Å²) in [4.78, 5) is 12.9. The molecule has 0 aliphatic carbocycles. The van der Waals surface area contributed by atoms with Crippen molar-refractivity contribution in [2.75, 3.05) is 32.1 Å². The van der Waals surface area contributed by atoms with E-state index in [1.807, 2.05) is 27.1 Å². The fraction of sp³-hybridized carbons (Fsp3) is 0.417.